The topological polar surface area (TPSA) is 68.3 Å². The van der Waals surface area contributed by atoms with E-state index in [1.165, 1.54) is 18.2 Å². The van der Waals surface area contributed by atoms with Crippen LogP contribution in [-0.2, 0) is 6.54 Å². The van der Waals surface area contributed by atoms with Crippen LogP contribution in [-0.4, -0.2) is 56.7 Å². The van der Waals surface area contributed by atoms with Gasteiger partial charge in [0.2, 0.25) is 0 Å². The Balaban J connectivity index is 1.27. The van der Waals surface area contributed by atoms with Crippen molar-refractivity contribution in [3.8, 4) is 5.75 Å². The van der Waals surface area contributed by atoms with Crippen LogP contribution in [0.1, 0.15) is 66.4 Å². The quantitative estimate of drug-likeness (QED) is 0.313. The summed E-state index contributed by atoms with van der Waals surface area (Å²) >= 11 is 7.23. The molecule has 7 nitrogen and oxygen atoms in total. The van der Waals surface area contributed by atoms with Gasteiger partial charge in [0.25, 0.3) is 5.91 Å². The minimum absolute atomic E-state index is 0.123. The van der Waals surface area contributed by atoms with Gasteiger partial charge in [0.1, 0.15) is 23.5 Å². The zero-order chi connectivity index (χ0) is 26.1. The van der Waals surface area contributed by atoms with Gasteiger partial charge in [0, 0.05) is 43.3 Å². The number of carbonyl (C=O) groups is 1. The van der Waals surface area contributed by atoms with Gasteiger partial charge in [-0.15, -0.1) is 0 Å². The summed E-state index contributed by atoms with van der Waals surface area (Å²) in [5.74, 6) is -1.09. The molecule has 2 heterocycles. The normalized spacial score (nSPS) is 22.6. The van der Waals surface area contributed by atoms with Gasteiger partial charge in [-0.3, -0.25) is 20.3 Å². The summed E-state index contributed by atoms with van der Waals surface area (Å²) in [6.07, 6.45) is 4.50. The van der Waals surface area contributed by atoms with E-state index in [1.807, 2.05) is 4.31 Å². The van der Waals surface area contributed by atoms with Gasteiger partial charge in [-0.05, 0) is 78.8 Å². The molecule has 2 unspecified atom stereocenters. The number of hydrogen-bond donors (Lipinski definition) is 2. The summed E-state index contributed by atoms with van der Waals surface area (Å²) in [6, 6.07) is 7.58. The number of halogens is 3. The zero-order valence-electron chi connectivity index (χ0n) is 20.6. The van der Waals surface area contributed by atoms with E-state index in [9.17, 15) is 14.4 Å². The van der Waals surface area contributed by atoms with E-state index in [-0.39, 0.29) is 23.4 Å². The van der Waals surface area contributed by atoms with E-state index in [4.69, 9.17) is 16.3 Å². The molecule has 3 fully saturated rings. The Morgan fingerprint density at radius 2 is 2.00 bits per heavy atom. The summed E-state index contributed by atoms with van der Waals surface area (Å²) < 4.78 is 37.4. The van der Waals surface area contributed by atoms with Crippen LogP contribution in [0.2, 0.25) is 5.02 Å². The number of likely N-dealkylation sites (tertiary alicyclic amines) is 1. The second-order valence-electron chi connectivity index (χ2n) is 10.1. The highest BCUT2D eigenvalue weighted by atomic mass is 35.5. The number of nitrogens with one attached hydrogen (secondary N) is 1. The first-order chi connectivity index (χ1) is 17.8. The molecule has 2 N–H and O–H groups in total. The molecular weight excluding hydrogens is 522 g/mol. The Morgan fingerprint density at radius 1 is 1.22 bits per heavy atom. The molecule has 0 radical (unpaired) electrons. The first-order valence-electron chi connectivity index (χ1n) is 12.7. The number of ether oxygens (including phenoxy) is 1. The minimum Gasteiger partial charge on any atom is -0.489 e. The highest BCUT2D eigenvalue weighted by Crippen LogP contribution is 2.45. The number of rotatable bonds is 9. The summed E-state index contributed by atoms with van der Waals surface area (Å²) in [4.78, 5) is 14.9. The summed E-state index contributed by atoms with van der Waals surface area (Å²) in [6.45, 7) is 4.96. The minimum atomic E-state index is -0.713. The van der Waals surface area contributed by atoms with E-state index >= 15 is 4.39 Å². The highest BCUT2D eigenvalue weighted by molar-refractivity contribution is 7.94. The van der Waals surface area contributed by atoms with Gasteiger partial charge >= 0.3 is 0 Å². The van der Waals surface area contributed by atoms with Crippen LogP contribution in [0.3, 0.4) is 0 Å². The van der Waals surface area contributed by atoms with Crippen molar-refractivity contribution in [2.45, 2.75) is 63.6 Å². The van der Waals surface area contributed by atoms with Crippen molar-refractivity contribution in [3.05, 3.63) is 63.7 Å². The number of hydrazine groups is 1. The lowest BCUT2D eigenvalue weighted by Crippen LogP contribution is -2.45. The van der Waals surface area contributed by atoms with Crippen molar-refractivity contribution in [1.82, 2.24) is 19.2 Å². The maximum absolute atomic E-state index is 15.1. The van der Waals surface area contributed by atoms with Crippen LogP contribution in [0.15, 0.2) is 30.3 Å². The molecule has 2 aromatic rings. The number of amides is 1. The van der Waals surface area contributed by atoms with Crippen molar-refractivity contribution < 1.29 is 23.5 Å². The fourth-order valence-corrected chi connectivity index (χ4v) is 5.71. The summed E-state index contributed by atoms with van der Waals surface area (Å²) in [5, 5.41) is 10.4. The molecule has 1 saturated carbocycles. The molecule has 1 aliphatic carbocycles. The van der Waals surface area contributed by atoms with E-state index in [0.717, 1.165) is 68.5 Å². The average Bonchev–Trinajstić information content (AvgIpc) is 3.65. The average molecular weight is 553 g/mol. The smallest absolute Gasteiger partial charge is 0.271 e. The number of carbonyl (C=O) groups excluding carboxylic acids is 1. The van der Waals surface area contributed by atoms with Gasteiger partial charge in [0.15, 0.2) is 0 Å². The third kappa shape index (κ3) is 6.55. The molecule has 3 aliphatic rings. The van der Waals surface area contributed by atoms with Crippen molar-refractivity contribution in [2.75, 3.05) is 19.6 Å². The predicted octanol–water partition coefficient (Wildman–Crippen LogP) is 5.53. The molecule has 0 bridgehead atoms. The number of piperidine rings is 1. The fraction of sp³-hybridized carbons (Fsp3) is 0.500. The van der Waals surface area contributed by atoms with Crippen molar-refractivity contribution in [2.24, 2.45) is 0 Å². The van der Waals surface area contributed by atoms with Gasteiger partial charge in [0.05, 0.1) is 17.7 Å². The van der Waals surface area contributed by atoms with E-state index in [0.29, 0.717) is 34.5 Å². The van der Waals surface area contributed by atoms with E-state index in [2.05, 4.69) is 17.2 Å². The third-order valence-corrected chi connectivity index (χ3v) is 8.41. The third-order valence-electron chi connectivity index (χ3n) is 7.22. The van der Waals surface area contributed by atoms with Gasteiger partial charge < -0.3 is 4.74 Å². The van der Waals surface area contributed by atoms with Crippen molar-refractivity contribution in [3.63, 3.8) is 0 Å². The molecule has 0 spiro atoms. The van der Waals surface area contributed by atoms with Crippen LogP contribution in [0, 0.1) is 11.6 Å². The van der Waals surface area contributed by atoms with Crippen LogP contribution in [0.5, 0.6) is 5.75 Å². The molecule has 5 rings (SSSR count). The lowest BCUT2D eigenvalue weighted by Gasteiger charge is -2.38. The molecule has 37 heavy (non-hydrogen) atoms. The monoisotopic (exact) mass is 552 g/mol. The molecule has 0 aromatic heterocycles. The molecule has 200 valence electrons. The van der Waals surface area contributed by atoms with Crippen molar-refractivity contribution in [1.29, 1.82) is 0 Å². The molecule has 2 aliphatic heterocycles. The molecule has 2 saturated heterocycles. The maximum atomic E-state index is 15.1. The highest BCUT2D eigenvalue weighted by Gasteiger charge is 2.33. The molecule has 2 aromatic carbocycles. The largest absolute Gasteiger partial charge is 0.489 e. The molecular formula is C26H31ClF2N4O3S. The Labute approximate surface area is 224 Å². The Hall–Kier alpha value is -1.95. The Bertz CT molecular complexity index is 1150. The molecule has 11 heteroatoms. The Kier molecular flexibility index (Phi) is 8.23. The van der Waals surface area contributed by atoms with E-state index in [1.54, 1.807) is 12.1 Å². The fourth-order valence-electron chi connectivity index (χ4n) is 4.71. The summed E-state index contributed by atoms with van der Waals surface area (Å²) in [5.41, 5.74) is 3.86. The first-order valence-corrected chi connectivity index (χ1v) is 13.8. The SMILES string of the molecule is CC1CCC(Oc2cc(F)c(C(=O)NN(O)SN3CCC3)cc2C2CC2)CN1Cc1ccc(F)cc1Cl. The van der Waals surface area contributed by atoms with Crippen LogP contribution >= 0.6 is 23.7 Å². The van der Waals surface area contributed by atoms with Crippen LogP contribution in [0.25, 0.3) is 0 Å². The standard InChI is InChI=1S/C26H31ClF2N4O3S/c1-16-3-8-20(15-31(16)14-18-6-7-19(28)11-23(18)27)36-25-13-24(29)22(12-21(25)17-4-5-17)26(34)30-33(35)37-32-9-2-10-32/h6-7,11-13,16-17,20,35H,2-5,8-10,14-15H2,1H3,(H,30,34). The first kappa shape index (κ1) is 26.6. The number of nitrogens with zero attached hydrogens (tertiary/aromatic N) is 3. The van der Waals surface area contributed by atoms with Gasteiger partial charge in [-0.2, -0.15) is 0 Å². The zero-order valence-corrected chi connectivity index (χ0v) is 22.2. The van der Waals surface area contributed by atoms with Crippen molar-refractivity contribution >= 4 is 29.6 Å². The maximum Gasteiger partial charge on any atom is 0.271 e. The second kappa shape index (κ2) is 11.4. The van der Waals surface area contributed by atoms with Crippen LogP contribution in [0.4, 0.5) is 8.78 Å². The molecule has 1 amide bonds. The van der Waals surface area contributed by atoms with E-state index < -0.39 is 11.7 Å². The lowest BCUT2D eigenvalue weighted by molar-refractivity contribution is -0.0297. The van der Waals surface area contributed by atoms with Crippen LogP contribution < -0.4 is 10.2 Å². The second-order valence-corrected chi connectivity index (χ2v) is 11.5. The number of benzene rings is 2. The van der Waals surface area contributed by atoms with Gasteiger partial charge in [-0.25, -0.2) is 13.1 Å². The molecule has 2 atom stereocenters. The number of hydrogen-bond acceptors (Lipinski definition) is 7. The summed E-state index contributed by atoms with van der Waals surface area (Å²) in [7, 11) is 0. The lowest BCUT2D eigenvalue weighted by atomic mass is 9.99. The predicted molar refractivity (Wildman–Crippen MR) is 138 cm³/mol. The van der Waals surface area contributed by atoms with Gasteiger partial charge in [-0.1, -0.05) is 17.7 Å². The Morgan fingerprint density at radius 3 is 2.68 bits per heavy atom.